The number of amides is 1. The molecule has 0 bridgehead atoms. The molecule has 1 N–H and O–H groups in total. The Hall–Kier alpha value is -2.13. The topological polar surface area (TPSA) is 85.8 Å². The number of hydrogen-bond donors (Lipinski definition) is 1. The second-order valence-electron chi connectivity index (χ2n) is 5.96. The van der Waals surface area contributed by atoms with Crippen LogP contribution in [0.1, 0.15) is 31.6 Å². The van der Waals surface area contributed by atoms with E-state index in [2.05, 4.69) is 25.2 Å². The Balaban J connectivity index is 1.51. The van der Waals surface area contributed by atoms with Gasteiger partial charge in [-0.1, -0.05) is 23.0 Å². The Kier molecular flexibility index (Phi) is 4.34. The summed E-state index contributed by atoms with van der Waals surface area (Å²) >= 11 is 3.06. The van der Waals surface area contributed by atoms with Crippen LogP contribution < -0.4 is 5.32 Å². The van der Waals surface area contributed by atoms with E-state index in [4.69, 9.17) is 4.52 Å². The molecule has 1 aliphatic rings. The van der Waals surface area contributed by atoms with Crippen molar-refractivity contribution in [3.05, 3.63) is 29.3 Å². The summed E-state index contributed by atoms with van der Waals surface area (Å²) in [5.74, 6) is 1.84. The predicted octanol–water partition coefficient (Wildman–Crippen LogP) is 3.76. The minimum Gasteiger partial charge on any atom is -0.360 e. The Morgan fingerprint density at radius 1 is 1.48 bits per heavy atom. The summed E-state index contributed by atoms with van der Waals surface area (Å²) in [6.07, 6.45) is 2.26. The van der Waals surface area contributed by atoms with Gasteiger partial charge in [-0.2, -0.15) is 0 Å². The zero-order valence-electron chi connectivity index (χ0n) is 13.8. The SMILES string of the molecule is Cc1cc(NC(=O)[C@@H](C)Sc2nnc(-c3cccs3)n2C2CC2)no1. The number of hydrogen-bond acceptors (Lipinski definition) is 7. The van der Waals surface area contributed by atoms with Gasteiger partial charge in [-0.05, 0) is 38.1 Å². The van der Waals surface area contributed by atoms with E-state index in [1.807, 2.05) is 24.4 Å². The number of nitrogens with zero attached hydrogens (tertiary/aromatic N) is 4. The molecule has 0 unspecified atom stereocenters. The zero-order valence-corrected chi connectivity index (χ0v) is 15.4. The van der Waals surface area contributed by atoms with Gasteiger partial charge >= 0.3 is 0 Å². The van der Waals surface area contributed by atoms with Gasteiger partial charge in [0.15, 0.2) is 16.8 Å². The molecule has 25 heavy (non-hydrogen) atoms. The first-order valence-electron chi connectivity index (χ1n) is 8.01. The van der Waals surface area contributed by atoms with E-state index in [0.717, 1.165) is 28.7 Å². The highest BCUT2D eigenvalue weighted by atomic mass is 32.2. The Bertz CT molecular complexity index is 882. The van der Waals surface area contributed by atoms with Gasteiger partial charge in [0, 0.05) is 12.1 Å². The third-order valence-corrected chi connectivity index (χ3v) is 5.77. The van der Waals surface area contributed by atoms with Gasteiger partial charge < -0.3 is 9.84 Å². The second-order valence-corrected chi connectivity index (χ2v) is 8.21. The maximum atomic E-state index is 12.4. The molecule has 0 aliphatic heterocycles. The Morgan fingerprint density at radius 3 is 2.96 bits per heavy atom. The van der Waals surface area contributed by atoms with E-state index in [1.165, 1.54) is 11.8 Å². The van der Waals surface area contributed by atoms with E-state index >= 15 is 0 Å². The summed E-state index contributed by atoms with van der Waals surface area (Å²) in [5, 5.41) is 17.7. The van der Waals surface area contributed by atoms with Crippen LogP contribution >= 0.6 is 23.1 Å². The summed E-state index contributed by atoms with van der Waals surface area (Å²) in [6, 6.07) is 6.18. The van der Waals surface area contributed by atoms with Gasteiger partial charge in [-0.3, -0.25) is 9.36 Å². The molecule has 1 atom stereocenters. The molecule has 9 heteroatoms. The van der Waals surface area contributed by atoms with Gasteiger partial charge in [0.1, 0.15) is 5.76 Å². The van der Waals surface area contributed by atoms with Crippen LogP contribution in [0.15, 0.2) is 33.3 Å². The molecule has 3 aromatic heterocycles. The highest BCUT2D eigenvalue weighted by Gasteiger charge is 2.31. The van der Waals surface area contributed by atoms with Crippen LogP contribution in [-0.2, 0) is 4.79 Å². The van der Waals surface area contributed by atoms with Gasteiger partial charge in [0.05, 0.1) is 10.1 Å². The molecule has 0 aromatic carbocycles. The third-order valence-electron chi connectivity index (χ3n) is 3.85. The summed E-state index contributed by atoms with van der Waals surface area (Å²) in [5.41, 5.74) is 0. The molecule has 1 aliphatic carbocycles. The summed E-state index contributed by atoms with van der Waals surface area (Å²) in [6.45, 7) is 3.63. The number of thioether (sulfide) groups is 1. The lowest BCUT2D eigenvalue weighted by atomic mass is 10.4. The first-order valence-corrected chi connectivity index (χ1v) is 9.77. The zero-order chi connectivity index (χ0) is 17.4. The van der Waals surface area contributed by atoms with Crippen molar-refractivity contribution in [2.75, 3.05) is 5.32 Å². The monoisotopic (exact) mass is 375 g/mol. The van der Waals surface area contributed by atoms with Crippen LogP contribution in [0.4, 0.5) is 5.82 Å². The number of aryl methyl sites for hydroxylation is 1. The van der Waals surface area contributed by atoms with Crippen molar-refractivity contribution in [3.8, 4) is 10.7 Å². The number of carbonyl (C=O) groups excluding carboxylic acids is 1. The van der Waals surface area contributed by atoms with Crippen molar-refractivity contribution in [1.29, 1.82) is 0 Å². The fraction of sp³-hybridized carbons (Fsp3) is 0.375. The van der Waals surface area contributed by atoms with Crippen LogP contribution in [0.3, 0.4) is 0 Å². The van der Waals surface area contributed by atoms with Gasteiger partial charge in [-0.25, -0.2) is 0 Å². The molecular weight excluding hydrogens is 358 g/mol. The number of carbonyl (C=O) groups is 1. The summed E-state index contributed by atoms with van der Waals surface area (Å²) in [7, 11) is 0. The van der Waals surface area contributed by atoms with E-state index in [0.29, 0.717) is 17.6 Å². The molecule has 130 valence electrons. The van der Waals surface area contributed by atoms with E-state index in [1.54, 1.807) is 24.3 Å². The normalized spacial score (nSPS) is 15.3. The molecule has 0 saturated heterocycles. The fourth-order valence-electron chi connectivity index (χ4n) is 2.46. The minimum absolute atomic E-state index is 0.138. The third kappa shape index (κ3) is 3.47. The fourth-order valence-corrected chi connectivity index (χ4v) is 4.08. The molecule has 3 heterocycles. The lowest BCUT2D eigenvalue weighted by Crippen LogP contribution is -2.23. The van der Waals surface area contributed by atoms with Crippen molar-refractivity contribution in [3.63, 3.8) is 0 Å². The van der Waals surface area contributed by atoms with Crippen molar-refractivity contribution in [2.45, 2.75) is 43.1 Å². The highest BCUT2D eigenvalue weighted by molar-refractivity contribution is 8.00. The maximum absolute atomic E-state index is 12.4. The van der Waals surface area contributed by atoms with Crippen LogP contribution in [0.2, 0.25) is 0 Å². The van der Waals surface area contributed by atoms with Crippen molar-refractivity contribution < 1.29 is 9.32 Å². The smallest absolute Gasteiger partial charge is 0.238 e. The maximum Gasteiger partial charge on any atom is 0.238 e. The predicted molar refractivity (Wildman–Crippen MR) is 96.8 cm³/mol. The number of aromatic nitrogens is 4. The molecule has 4 rings (SSSR count). The van der Waals surface area contributed by atoms with Crippen molar-refractivity contribution in [2.24, 2.45) is 0 Å². The molecule has 0 radical (unpaired) electrons. The van der Waals surface area contributed by atoms with Crippen LogP contribution in [0, 0.1) is 6.92 Å². The number of thiophene rings is 1. The van der Waals surface area contributed by atoms with Crippen LogP contribution in [-0.4, -0.2) is 31.1 Å². The average molecular weight is 375 g/mol. The highest BCUT2D eigenvalue weighted by Crippen LogP contribution is 2.42. The standard InChI is InChI=1S/C16H17N5O2S2/c1-9-8-13(20-23-9)17-15(22)10(2)25-16-19-18-14(12-4-3-7-24-12)21(16)11-5-6-11/h3-4,7-8,10-11H,5-6H2,1-2H3,(H,17,20,22)/t10-/m1/s1. The second kappa shape index (κ2) is 6.64. The Labute approximate surface area is 152 Å². The molecule has 1 saturated carbocycles. The number of rotatable bonds is 6. The quantitative estimate of drug-likeness (QED) is 0.660. The first kappa shape index (κ1) is 16.3. The lowest BCUT2D eigenvalue weighted by molar-refractivity contribution is -0.115. The molecule has 7 nitrogen and oxygen atoms in total. The molecule has 3 aromatic rings. The van der Waals surface area contributed by atoms with Crippen LogP contribution in [0.25, 0.3) is 10.7 Å². The largest absolute Gasteiger partial charge is 0.360 e. The number of anilines is 1. The van der Waals surface area contributed by atoms with E-state index in [9.17, 15) is 4.79 Å². The minimum atomic E-state index is -0.324. The van der Waals surface area contributed by atoms with Gasteiger partial charge in [0.2, 0.25) is 5.91 Å². The summed E-state index contributed by atoms with van der Waals surface area (Å²) in [4.78, 5) is 13.5. The van der Waals surface area contributed by atoms with Crippen molar-refractivity contribution in [1.82, 2.24) is 19.9 Å². The Morgan fingerprint density at radius 2 is 2.32 bits per heavy atom. The molecular formula is C16H17N5O2S2. The molecule has 1 amide bonds. The van der Waals surface area contributed by atoms with Gasteiger partial charge in [-0.15, -0.1) is 21.5 Å². The van der Waals surface area contributed by atoms with Crippen molar-refractivity contribution >= 4 is 34.8 Å². The first-order chi connectivity index (χ1) is 12.1. The lowest BCUT2D eigenvalue weighted by Gasteiger charge is -2.12. The number of nitrogens with one attached hydrogen (secondary N) is 1. The molecule has 1 fully saturated rings. The molecule has 0 spiro atoms. The van der Waals surface area contributed by atoms with E-state index < -0.39 is 0 Å². The average Bonchev–Trinajstić information content (AvgIpc) is 3.00. The van der Waals surface area contributed by atoms with Crippen LogP contribution in [0.5, 0.6) is 0 Å². The summed E-state index contributed by atoms with van der Waals surface area (Å²) < 4.78 is 7.14. The van der Waals surface area contributed by atoms with E-state index in [-0.39, 0.29) is 11.2 Å². The van der Waals surface area contributed by atoms with Gasteiger partial charge in [0.25, 0.3) is 0 Å².